The highest BCUT2D eigenvalue weighted by atomic mass is 19.4. The van der Waals surface area contributed by atoms with E-state index in [1.165, 1.54) is 61.2 Å². The lowest BCUT2D eigenvalue weighted by Gasteiger charge is -2.56. The van der Waals surface area contributed by atoms with Crippen molar-refractivity contribution in [3.05, 3.63) is 259 Å². The fourth-order valence-electron chi connectivity index (χ4n) is 20.5. The SMILES string of the molecule is CCN(c1cc(-c2ccc(CN3CC4(CCC4)C3)cc2)cc(C(=O)NCc2c(C)cc(C)[nH]c2=O)c1C)C1CCOCC1.Cc1cc(C)c(CNC(=O)c2cc(-c3ccc(CN4CCOCC4)cc3)cc(N(C)C3CCC(N(C)C)CC3)c2C)c(=O)[nH]1.Cc1cc(C)c(CNC(=O)c2cc(-c3ccc(CN4CCOCC4)cc3)cc(N(CC(F)(F)F)C3CCOCC3)c2C)c(=O)[nH]1. The lowest BCUT2D eigenvalue weighted by molar-refractivity contribution is -0.121. The molecule has 7 aliphatic rings. The molecule has 1 spiro atoms. The van der Waals surface area contributed by atoms with Gasteiger partial charge in [-0.25, -0.2) is 0 Å². The number of halogens is 3. The molecule has 2 saturated carbocycles. The number of H-pyrrole nitrogens is 3. The number of ether oxygens (including phenoxy) is 4. The number of anilines is 3. The summed E-state index contributed by atoms with van der Waals surface area (Å²) in [7, 11) is 6.52. The number of hydrogen-bond acceptors (Lipinski definition) is 17. The third-order valence-corrected chi connectivity index (χ3v) is 28.3. The van der Waals surface area contributed by atoms with Crippen LogP contribution >= 0.6 is 0 Å². The molecule has 23 nitrogen and oxygen atoms in total. The normalized spacial score (nSPS) is 18.0. The second-order valence-electron chi connectivity index (χ2n) is 38.0. The molecule has 0 unspecified atom stereocenters. The molecule has 0 atom stereocenters. The largest absolute Gasteiger partial charge is 0.405 e. The maximum absolute atomic E-state index is 14.0. The zero-order valence-electron chi connectivity index (χ0n) is 79.6. The van der Waals surface area contributed by atoms with Crippen molar-refractivity contribution in [3.63, 3.8) is 0 Å². The minimum atomic E-state index is -4.45. The van der Waals surface area contributed by atoms with Gasteiger partial charge in [-0.3, -0.25) is 43.5 Å². The number of carbonyl (C=O) groups excluding carboxylic acids is 3. The lowest BCUT2D eigenvalue weighted by atomic mass is 9.63. The Morgan fingerprint density at radius 2 is 0.735 bits per heavy atom. The number of rotatable bonds is 27. The molecular weight excluding hydrogens is 1670 g/mol. The van der Waals surface area contributed by atoms with Crippen molar-refractivity contribution in [3.8, 4) is 33.4 Å². The molecule has 706 valence electrons. The number of pyridine rings is 3. The molecule has 7 fully saturated rings. The van der Waals surface area contributed by atoms with E-state index in [-0.39, 0.29) is 53.7 Å². The predicted octanol–water partition coefficient (Wildman–Crippen LogP) is 16.2. The van der Waals surface area contributed by atoms with Gasteiger partial charge in [0.15, 0.2) is 0 Å². The summed E-state index contributed by atoms with van der Waals surface area (Å²) in [6.07, 6.45) is 7.18. The molecule has 9 aromatic rings. The molecule has 8 heterocycles. The molecule has 16 rings (SSSR count). The Morgan fingerprint density at radius 3 is 1.07 bits per heavy atom. The van der Waals surface area contributed by atoms with Crippen LogP contribution in [-0.2, 0) is 58.2 Å². The van der Waals surface area contributed by atoms with Crippen molar-refractivity contribution < 1.29 is 46.5 Å². The van der Waals surface area contributed by atoms with Gasteiger partial charge in [-0.15, -0.1) is 0 Å². The zero-order chi connectivity index (χ0) is 93.7. The molecular formula is C106H136F3N13O10. The summed E-state index contributed by atoms with van der Waals surface area (Å²) >= 11 is 0. The summed E-state index contributed by atoms with van der Waals surface area (Å²) < 4.78 is 64.1. The third kappa shape index (κ3) is 24.5. The van der Waals surface area contributed by atoms with Crippen molar-refractivity contribution >= 4 is 34.8 Å². The van der Waals surface area contributed by atoms with E-state index >= 15 is 0 Å². The Morgan fingerprint density at radius 1 is 0.409 bits per heavy atom. The van der Waals surface area contributed by atoms with Gasteiger partial charge in [-0.2, -0.15) is 13.2 Å². The van der Waals surface area contributed by atoms with Crippen LogP contribution in [0.15, 0.2) is 142 Å². The molecule has 132 heavy (non-hydrogen) atoms. The smallest absolute Gasteiger partial charge is 0.381 e. The second kappa shape index (κ2) is 44.1. The van der Waals surface area contributed by atoms with Gasteiger partial charge in [-0.1, -0.05) is 79.2 Å². The topological polar surface area (TPSA) is 245 Å². The van der Waals surface area contributed by atoms with Gasteiger partial charge in [-0.05, 0) is 291 Å². The van der Waals surface area contributed by atoms with E-state index in [2.05, 4.69) is 149 Å². The Labute approximate surface area is 775 Å². The minimum absolute atomic E-state index is 0.0122. The quantitative estimate of drug-likeness (QED) is 0.0280. The summed E-state index contributed by atoms with van der Waals surface area (Å²) in [6.45, 7) is 33.2. The molecule has 26 heteroatoms. The van der Waals surface area contributed by atoms with Gasteiger partial charge in [0.05, 0.1) is 26.4 Å². The third-order valence-electron chi connectivity index (χ3n) is 28.3. The Bertz CT molecular complexity index is 5670. The Kier molecular flexibility index (Phi) is 32.6. The highest BCUT2D eigenvalue weighted by molar-refractivity contribution is 6.01. The van der Waals surface area contributed by atoms with Crippen LogP contribution in [0.25, 0.3) is 33.4 Å². The second-order valence-corrected chi connectivity index (χ2v) is 38.0. The summed E-state index contributed by atoms with van der Waals surface area (Å²) in [5.41, 5.74) is 22.4. The number of nitrogens with one attached hydrogen (secondary N) is 6. The average molecular weight is 1810 g/mol. The van der Waals surface area contributed by atoms with Crippen molar-refractivity contribution in [2.24, 2.45) is 5.41 Å². The van der Waals surface area contributed by atoms with E-state index < -0.39 is 24.7 Å². The molecule has 0 radical (unpaired) electrons. The predicted molar refractivity (Wildman–Crippen MR) is 519 cm³/mol. The number of carbonyl (C=O) groups is 3. The summed E-state index contributed by atoms with van der Waals surface area (Å²) in [5, 5.41) is 8.96. The number of aromatic nitrogens is 3. The van der Waals surface area contributed by atoms with Crippen LogP contribution in [0.3, 0.4) is 0 Å². The van der Waals surface area contributed by atoms with Gasteiger partial charge in [0, 0.05) is 210 Å². The molecule has 6 aromatic carbocycles. The van der Waals surface area contributed by atoms with E-state index in [1.54, 1.807) is 32.9 Å². The van der Waals surface area contributed by atoms with E-state index in [9.17, 15) is 41.9 Å². The summed E-state index contributed by atoms with van der Waals surface area (Å²) in [6, 6.07) is 44.3. The first-order valence-electron chi connectivity index (χ1n) is 47.5. The summed E-state index contributed by atoms with van der Waals surface area (Å²) in [4.78, 5) is 103. The number of alkyl halides is 3. The number of hydrogen-bond donors (Lipinski definition) is 6. The van der Waals surface area contributed by atoms with Crippen LogP contribution in [0.5, 0.6) is 0 Å². The molecule has 3 amide bonds. The Balaban J connectivity index is 0.000000159. The van der Waals surface area contributed by atoms with Crippen molar-refractivity contribution in [1.82, 2.24) is 50.5 Å². The van der Waals surface area contributed by atoms with Gasteiger partial charge in [0.25, 0.3) is 34.4 Å². The van der Waals surface area contributed by atoms with Crippen LogP contribution in [-0.4, -0.2) is 209 Å². The highest BCUT2D eigenvalue weighted by Gasteiger charge is 2.47. The first kappa shape index (κ1) is 97.5. The number of benzene rings is 6. The lowest BCUT2D eigenvalue weighted by Crippen LogP contribution is -2.58. The van der Waals surface area contributed by atoms with Crippen LogP contribution in [0.1, 0.15) is 192 Å². The number of nitrogens with zero attached hydrogens (tertiary/aromatic N) is 7. The minimum Gasteiger partial charge on any atom is -0.381 e. The fraction of sp³-hybridized carbons (Fsp3) is 0.491. The molecule has 6 N–H and O–H groups in total. The number of aryl methyl sites for hydroxylation is 6. The first-order chi connectivity index (χ1) is 63.3. The maximum atomic E-state index is 14.0. The average Bonchev–Trinajstić information content (AvgIpc) is 0.755. The van der Waals surface area contributed by atoms with Gasteiger partial charge in [0.2, 0.25) is 0 Å². The number of amides is 3. The molecule has 2 aliphatic carbocycles. The van der Waals surface area contributed by atoms with Gasteiger partial charge >= 0.3 is 6.18 Å². The monoisotopic (exact) mass is 1810 g/mol. The van der Waals surface area contributed by atoms with E-state index in [0.29, 0.717) is 107 Å². The number of likely N-dealkylation sites (tertiary alicyclic amines) is 1. The fourth-order valence-corrected chi connectivity index (χ4v) is 20.5. The highest BCUT2D eigenvalue weighted by Crippen LogP contribution is 2.49. The van der Waals surface area contributed by atoms with Crippen LogP contribution in [0.2, 0.25) is 0 Å². The molecule has 0 bridgehead atoms. The zero-order valence-corrected chi connectivity index (χ0v) is 79.6. The van der Waals surface area contributed by atoms with Crippen molar-refractivity contribution in [2.75, 3.05) is 141 Å². The van der Waals surface area contributed by atoms with E-state index in [4.69, 9.17) is 18.9 Å². The molecule has 5 saturated heterocycles. The maximum Gasteiger partial charge on any atom is 0.405 e. The van der Waals surface area contributed by atoms with Crippen LogP contribution in [0, 0.1) is 67.7 Å². The van der Waals surface area contributed by atoms with Gasteiger partial charge in [0.1, 0.15) is 6.54 Å². The van der Waals surface area contributed by atoms with Crippen molar-refractivity contribution in [1.29, 1.82) is 0 Å². The van der Waals surface area contributed by atoms with E-state index in [0.717, 1.165) is 194 Å². The Hall–Kier alpha value is -10.6. The standard InChI is InChI=1S/C36H49N5O3.C36H46N4O3.C34H41F3N4O4/c1-24-19-25(2)38-36(43)33(24)22-37-35(42)32-20-29(28-9-7-27(8-10-28)23-41-15-17-44-18-16-41)21-34(26(32)3)40(6)31-13-11-30(12-14-31)39(4)5;1-5-40(30-11-15-43-16-12-30)33-19-29(28-9-7-27(8-10-28)21-39-22-36(23-39)13-6-14-36)18-31(26(33)4)34(41)37-20-32-24(2)17-25(3)38-35(32)42;1-22-16-23(2)39-33(43)30(22)19-38-32(42)29-17-27(26-6-4-25(5-7-26)20-40-10-14-45-15-11-40)18-31(24(29)3)41(21-34(35,36)37)28-8-12-44-13-9-28/h7-10,19-21,30-31H,11-18,22-23H2,1-6H3,(H,37,42)(H,38,43);7-10,17-19,30H,5-6,11-16,20-23H2,1-4H3,(H,37,41)(H,38,42);4-7,16-18,28H,8-15,19-21H2,1-3H3,(H,38,42)(H,39,43). The van der Waals surface area contributed by atoms with E-state index in [1.807, 2.05) is 96.1 Å². The first-order valence-corrected chi connectivity index (χ1v) is 47.5. The van der Waals surface area contributed by atoms with Gasteiger partial charge < -0.3 is 69.4 Å². The van der Waals surface area contributed by atoms with Crippen LogP contribution < -0.4 is 47.3 Å². The number of morpholine rings is 2. The van der Waals surface area contributed by atoms with Crippen molar-refractivity contribution in [2.45, 2.75) is 209 Å². The van der Waals surface area contributed by atoms with Crippen LogP contribution in [0.4, 0.5) is 30.2 Å². The number of aromatic amines is 3. The summed E-state index contributed by atoms with van der Waals surface area (Å²) in [5.74, 6) is -0.793. The molecule has 3 aromatic heterocycles. The molecule has 5 aliphatic heterocycles.